The molecule has 0 saturated carbocycles. The summed E-state index contributed by atoms with van der Waals surface area (Å²) in [5.74, 6) is -0.238. The highest BCUT2D eigenvalue weighted by atomic mass is 16.6. The maximum Gasteiger partial charge on any atom is 0.292 e. The summed E-state index contributed by atoms with van der Waals surface area (Å²) in [7, 11) is 0. The lowest BCUT2D eigenvalue weighted by molar-refractivity contribution is -0.383. The van der Waals surface area contributed by atoms with Gasteiger partial charge in [-0.2, -0.15) is 0 Å². The number of carbonyl (C=O) groups excluding carboxylic acids is 1. The number of amides is 1. The predicted molar refractivity (Wildman–Crippen MR) is 73.5 cm³/mol. The van der Waals surface area contributed by atoms with Crippen LogP contribution in [0.5, 0.6) is 5.75 Å². The van der Waals surface area contributed by atoms with E-state index in [4.69, 9.17) is 5.11 Å². The number of rotatable bonds is 4. The van der Waals surface area contributed by atoms with E-state index >= 15 is 0 Å². The van der Waals surface area contributed by atoms with Gasteiger partial charge in [-0.05, 0) is 23.8 Å². The Hall–Kier alpha value is -2.89. The third kappa shape index (κ3) is 3.32. The fraction of sp³-hybridized carbons (Fsp3) is 0.0714. The molecule has 1 amide bonds. The molecule has 0 aliphatic carbocycles. The molecule has 2 rings (SSSR count). The van der Waals surface area contributed by atoms with Crippen molar-refractivity contribution >= 4 is 17.3 Å². The third-order valence-corrected chi connectivity index (χ3v) is 2.68. The molecule has 0 saturated heterocycles. The number of nitrogens with zero attached hydrogens (tertiary/aromatic N) is 1. The summed E-state index contributed by atoms with van der Waals surface area (Å²) >= 11 is 0. The zero-order valence-corrected chi connectivity index (χ0v) is 10.4. The first-order valence-electron chi connectivity index (χ1n) is 5.87. The molecule has 2 aromatic rings. The second kappa shape index (κ2) is 5.83. The molecule has 0 atom stereocenters. The van der Waals surface area contributed by atoms with Gasteiger partial charge in [0.25, 0.3) is 5.69 Å². The lowest BCUT2D eigenvalue weighted by Crippen LogP contribution is -2.15. The maximum absolute atomic E-state index is 11.8. The highest BCUT2D eigenvalue weighted by molar-refractivity contribution is 5.94. The normalized spacial score (nSPS) is 10.0. The molecular weight excluding hydrogens is 260 g/mol. The van der Waals surface area contributed by atoms with Crippen LogP contribution in [0.15, 0.2) is 48.5 Å². The lowest BCUT2D eigenvalue weighted by atomic mass is 10.1. The number of anilines is 1. The van der Waals surface area contributed by atoms with E-state index in [9.17, 15) is 14.9 Å². The Morgan fingerprint density at radius 1 is 1.15 bits per heavy atom. The quantitative estimate of drug-likeness (QED) is 0.660. The van der Waals surface area contributed by atoms with E-state index in [0.717, 1.165) is 0 Å². The van der Waals surface area contributed by atoms with Crippen molar-refractivity contribution in [2.75, 3.05) is 5.32 Å². The van der Waals surface area contributed by atoms with Crippen molar-refractivity contribution in [3.05, 3.63) is 64.2 Å². The van der Waals surface area contributed by atoms with Crippen molar-refractivity contribution in [2.24, 2.45) is 0 Å². The molecule has 0 unspecified atom stereocenters. The molecule has 0 spiro atoms. The van der Waals surface area contributed by atoms with E-state index in [1.165, 1.54) is 30.3 Å². The summed E-state index contributed by atoms with van der Waals surface area (Å²) < 4.78 is 0. The molecule has 0 radical (unpaired) electrons. The summed E-state index contributed by atoms with van der Waals surface area (Å²) in [5.41, 5.74) is 0.728. The second-order valence-electron chi connectivity index (χ2n) is 4.17. The Morgan fingerprint density at radius 3 is 2.45 bits per heavy atom. The van der Waals surface area contributed by atoms with Crippen molar-refractivity contribution in [1.29, 1.82) is 0 Å². The Bertz CT molecular complexity index is 638. The molecule has 0 aromatic heterocycles. The van der Waals surface area contributed by atoms with Crippen LogP contribution < -0.4 is 5.32 Å². The van der Waals surface area contributed by atoms with Crippen molar-refractivity contribution in [1.82, 2.24) is 0 Å². The van der Waals surface area contributed by atoms with Gasteiger partial charge in [0.1, 0.15) is 11.4 Å². The molecule has 2 aromatic carbocycles. The van der Waals surface area contributed by atoms with Gasteiger partial charge in [0, 0.05) is 6.07 Å². The van der Waals surface area contributed by atoms with E-state index in [0.29, 0.717) is 5.56 Å². The number of phenolic OH excluding ortho intramolecular Hbond substituents is 1. The van der Waals surface area contributed by atoms with E-state index in [-0.39, 0.29) is 29.5 Å². The van der Waals surface area contributed by atoms with Crippen LogP contribution in [0.1, 0.15) is 5.56 Å². The van der Waals surface area contributed by atoms with E-state index in [2.05, 4.69) is 5.32 Å². The van der Waals surface area contributed by atoms with Crippen molar-refractivity contribution in [3.63, 3.8) is 0 Å². The van der Waals surface area contributed by atoms with Gasteiger partial charge < -0.3 is 10.4 Å². The van der Waals surface area contributed by atoms with E-state index < -0.39 is 4.92 Å². The number of hydrogen-bond acceptors (Lipinski definition) is 4. The number of nitro benzene ring substituents is 1. The number of carbonyl (C=O) groups is 1. The summed E-state index contributed by atoms with van der Waals surface area (Å²) in [6.07, 6.45) is 0.0757. The molecule has 102 valence electrons. The molecule has 0 fully saturated rings. The van der Waals surface area contributed by atoms with E-state index in [1.54, 1.807) is 18.2 Å². The van der Waals surface area contributed by atoms with Crippen LogP contribution >= 0.6 is 0 Å². The number of nitro groups is 1. The molecule has 2 N–H and O–H groups in total. The van der Waals surface area contributed by atoms with Gasteiger partial charge in [-0.1, -0.05) is 24.3 Å². The molecule has 20 heavy (non-hydrogen) atoms. The summed E-state index contributed by atoms with van der Waals surface area (Å²) in [4.78, 5) is 22.1. The topological polar surface area (TPSA) is 92.5 Å². The number of phenols is 1. The number of benzene rings is 2. The van der Waals surface area contributed by atoms with Gasteiger partial charge >= 0.3 is 0 Å². The fourth-order valence-corrected chi connectivity index (χ4v) is 1.73. The monoisotopic (exact) mass is 272 g/mol. The zero-order chi connectivity index (χ0) is 14.5. The summed E-state index contributed by atoms with van der Waals surface area (Å²) in [5, 5.41) is 22.5. The van der Waals surface area contributed by atoms with Gasteiger partial charge in [-0.3, -0.25) is 14.9 Å². The minimum Gasteiger partial charge on any atom is -0.508 e. The van der Waals surface area contributed by atoms with Crippen LogP contribution in [-0.2, 0) is 11.2 Å². The van der Waals surface area contributed by atoms with Crippen molar-refractivity contribution in [2.45, 2.75) is 6.42 Å². The third-order valence-electron chi connectivity index (χ3n) is 2.68. The molecule has 0 bridgehead atoms. The Morgan fingerprint density at radius 2 is 1.80 bits per heavy atom. The summed E-state index contributed by atoms with van der Waals surface area (Å²) in [6.45, 7) is 0. The highest BCUT2D eigenvalue weighted by Gasteiger charge is 2.14. The average molecular weight is 272 g/mol. The molecular formula is C14H12N2O4. The van der Waals surface area contributed by atoms with E-state index in [1.807, 2.05) is 0 Å². The van der Waals surface area contributed by atoms with Gasteiger partial charge in [0.15, 0.2) is 0 Å². The average Bonchev–Trinajstić information content (AvgIpc) is 2.41. The summed E-state index contributed by atoms with van der Waals surface area (Å²) in [6, 6.07) is 12.2. The molecule has 0 aliphatic heterocycles. The van der Waals surface area contributed by atoms with Gasteiger partial charge in [0.05, 0.1) is 11.3 Å². The molecule has 0 heterocycles. The standard InChI is InChI=1S/C14H12N2O4/c17-11-7-5-10(6-8-11)9-14(18)15-12-3-1-2-4-13(12)16(19)20/h1-8,17H,9H2,(H,15,18). The molecule has 6 nitrogen and oxygen atoms in total. The number of nitrogens with one attached hydrogen (secondary N) is 1. The first-order valence-corrected chi connectivity index (χ1v) is 5.87. The van der Waals surface area contributed by atoms with Crippen LogP contribution in [0.25, 0.3) is 0 Å². The number of hydrogen-bond donors (Lipinski definition) is 2. The van der Waals surface area contributed by atoms with Crippen LogP contribution in [0, 0.1) is 10.1 Å². The van der Waals surface area contributed by atoms with Crippen molar-refractivity contribution < 1.29 is 14.8 Å². The molecule has 6 heteroatoms. The number of para-hydroxylation sites is 2. The van der Waals surface area contributed by atoms with Crippen LogP contribution in [0.3, 0.4) is 0 Å². The van der Waals surface area contributed by atoms with Crippen LogP contribution in [0.2, 0.25) is 0 Å². The predicted octanol–water partition coefficient (Wildman–Crippen LogP) is 2.48. The van der Waals surface area contributed by atoms with Gasteiger partial charge in [-0.25, -0.2) is 0 Å². The first-order chi connectivity index (χ1) is 9.56. The minimum atomic E-state index is -0.545. The van der Waals surface area contributed by atoms with Crippen LogP contribution in [-0.4, -0.2) is 15.9 Å². The zero-order valence-electron chi connectivity index (χ0n) is 10.4. The maximum atomic E-state index is 11.8. The fourth-order valence-electron chi connectivity index (χ4n) is 1.73. The Balaban J connectivity index is 2.08. The van der Waals surface area contributed by atoms with Gasteiger partial charge in [0.2, 0.25) is 5.91 Å². The molecule has 0 aliphatic rings. The van der Waals surface area contributed by atoms with Gasteiger partial charge in [-0.15, -0.1) is 0 Å². The second-order valence-corrected chi connectivity index (χ2v) is 4.17. The minimum absolute atomic E-state index is 0.0757. The Labute approximate surface area is 114 Å². The smallest absolute Gasteiger partial charge is 0.292 e. The largest absolute Gasteiger partial charge is 0.508 e. The Kier molecular flexibility index (Phi) is 3.95. The van der Waals surface area contributed by atoms with Crippen molar-refractivity contribution in [3.8, 4) is 5.75 Å². The van der Waals surface area contributed by atoms with Crippen LogP contribution in [0.4, 0.5) is 11.4 Å². The number of aromatic hydroxyl groups is 1. The first kappa shape index (κ1) is 13.5. The SMILES string of the molecule is O=C(Cc1ccc(O)cc1)Nc1ccccc1[N+](=O)[O-]. The lowest BCUT2D eigenvalue weighted by Gasteiger charge is -2.06. The highest BCUT2D eigenvalue weighted by Crippen LogP contribution is 2.23.